The van der Waals surface area contributed by atoms with Gasteiger partial charge in [-0.3, -0.25) is 14.9 Å². The quantitative estimate of drug-likeness (QED) is 0.324. The van der Waals surface area contributed by atoms with Crippen LogP contribution < -0.4 is 10.1 Å². The number of nitrogens with one attached hydrogen (secondary N) is 1. The number of esters is 1. The molecule has 2 aromatic carbocycles. The lowest BCUT2D eigenvalue weighted by Gasteiger charge is -2.06. The van der Waals surface area contributed by atoms with E-state index in [0.717, 1.165) is 12.1 Å². The molecule has 0 fully saturated rings. The van der Waals surface area contributed by atoms with Crippen LogP contribution in [0.1, 0.15) is 5.56 Å². The molecule has 2 aromatic rings. The summed E-state index contributed by atoms with van der Waals surface area (Å²) in [5.74, 6) is -2.05. The van der Waals surface area contributed by atoms with E-state index in [2.05, 4.69) is 5.32 Å². The summed E-state index contributed by atoms with van der Waals surface area (Å²) in [5, 5.41) is 13.1. The van der Waals surface area contributed by atoms with E-state index in [0.29, 0.717) is 5.56 Å². The fourth-order valence-electron chi connectivity index (χ4n) is 2.06. The largest absolute Gasteiger partial charge is 0.494 e. The lowest BCUT2D eigenvalue weighted by Crippen LogP contribution is -2.20. The Bertz CT molecular complexity index is 948. The van der Waals surface area contributed by atoms with Gasteiger partial charge in [-0.2, -0.15) is 0 Å². The van der Waals surface area contributed by atoms with Crippen LogP contribution in [0.5, 0.6) is 5.75 Å². The van der Waals surface area contributed by atoms with Gasteiger partial charge in [0.25, 0.3) is 11.6 Å². The molecule has 146 valence electrons. The van der Waals surface area contributed by atoms with Crippen molar-refractivity contribution in [3.05, 3.63) is 69.0 Å². The van der Waals surface area contributed by atoms with Crippen LogP contribution in [0.4, 0.5) is 15.8 Å². The standard InChI is InChI=1S/C18H14ClFN2O6/c1-27-16-6-2-11(8-14(16)20)3-7-18(24)28-10-17(23)21-12-4-5-13(19)15(9-12)22(25)26/h2-9H,10H2,1H3,(H,21,23)/b7-3+. The van der Waals surface area contributed by atoms with E-state index in [9.17, 15) is 24.1 Å². The van der Waals surface area contributed by atoms with E-state index < -0.39 is 29.2 Å². The molecule has 0 heterocycles. The first kappa shape index (κ1) is 20.8. The molecule has 0 saturated heterocycles. The molecule has 0 spiro atoms. The number of hydrogen-bond donors (Lipinski definition) is 1. The average Bonchev–Trinajstić information content (AvgIpc) is 2.66. The Labute approximate surface area is 163 Å². The Hall–Kier alpha value is -3.46. The number of carbonyl (C=O) groups is 2. The van der Waals surface area contributed by atoms with Gasteiger partial charge in [-0.1, -0.05) is 17.7 Å². The normalized spacial score (nSPS) is 10.5. The molecular formula is C18H14ClFN2O6. The minimum atomic E-state index is -0.825. The summed E-state index contributed by atoms with van der Waals surface area (Å²) < 4.78 is 23.1. The summed E-state index contributed by atoms with van der Waals surface area (Å²) in [7, 11) is 1.33. The van der Waals surface area contributed by atoms with Crippen molar-refractivity contribution in [3.8, 4) is 5.75 Å². The van der Waals surface area contributed by atoms with Crippen molar-refractivity contribution in [1.82, 2.24) is 0 Å². The molecule has 28 heavy (non-hydrogen) atoms. The molecule has 1 N–H and O–H groups in total. The van der Waals surface area contributed by atoms with E-state index in [1.807, 2.05) is 0 Å². The highest BCUT2D eigenvalue weighted by Crippen LogP contribution is 2.27. The molecule has 0 saturated carbocycles. The van der Waals surface area contributed by atoms with E-state index >= 15 is 0 Å². The van der Waals surface area contributed by atoms with Crippen molar-refractivity contribution in [2.75, 3.05) is 19.0 Å². The molecule has 0 unspecified atom stereocenters. The van der Waals surface area contributed by atoms with Crippen LogP contribution in [0.25, 0.3) is 6.08 Å². The average molecular weight is 409 g/mol. The highest BCUT2D eigenvalue weighted by molar-refractivity contribution is 6.32. The molecule has 0 radical (unpaired) electrons. The molecule has 2 rings (SSSR count). The molecule has 1 amide bonds. The Morgan fingerprint density at radius 3 is 2.68 bits per heavy atom. The van der Waals surface area contributed by atoms with E-state index in [-0.39, 0.29) is 22.1 Å². The number of ether oxygens (including phenoxy) is 2. The van der Waals surface area contributed by atoms with Crippen molar-refractivity contribution < 1.29 is 28.4 Å². The maximum Gasteiger partial charge on any atom is 0.331 e. The van der Waals surface area contributed by atoms with Gasteiger partial charge < -0.3 is 14.8 Å². The van der Waals surface area contributed by atoms with Crippen molar-refractivity contribution in [2.45, 2.75) is 0 Å². The van der Waals surface area contributed by atoms with Gasteiger partial charge in [-0.25, -0.2) is 9.18 Å². The zero-order valence-electron chi connectivity index (χ0n) is 14.5. The number of anilines is 1. The number of halogens is 2. The lowest BCUT2D eigenvalue weighted by molar-refractivity contribution is -0.384. The molecule has 0 aliphatic heterocycles. The maximum absolute atomic E-state index is 13.6. The number of hydrogen-bond acceptors (Lipinski definition) is 6. The summed E-state index contributed by atoms with van der Waals surface area (Å²) in [6.45, 7) is -0.615. The number of benzene rings is 2. The Balaban J connectivity index is 1.88. The highest BCUT2D eigenvalue weighted by atomic mass is 35.5. The summed E-state index contributed by atoms with van der Waals surface area (Å²) in [6, 6.07) is 7.82. The monoisotopic (exact) mass is 408 g/mol. The summed E-state index contributed by atoms with van der Waals surface area (Å²) in [6.07, 6.45) is 2.34. The third-order valence-corrected chi connectivity index (χ3v) is 3.68. The van der Waals surface area contributed by atoms with Crippen LogP contribution in [-0.4, -0.2) is 30.5 Å². The van der Waals surface area contributed by atoms with Crippen LogP contribution in [0.3, 0.4) is 0 Å². The minimum Gasteiger partial charge on any atom is -0.494 e. The van der Waals surface area contributed by atoms with Crippen LogP contribution in [0.15, 0.2) is 42.5 Å². The van der Waals surface area contributed by atoms with E-state index in [1.54, 1.807) is 0 Å². The second-order valence-corrected chi connectivity index (χ2v) is 5.71. The molecule has 0 aliphatic carbocycles. The van der Waals surface area contributed by atoms with Gasteiger partial charge in [0.05, 0.1) is 12.0 Å². The zero-order chi connectivity index (χ0) is 20.7. The smallest absolute Gasteiger partial charge is 0.331 e. The third-order valence-electron chi connectivity index (χ3n) is 3.36. The summed E-state index contributed by atoms with van der Waals surface area (Å²) in [5.41, 5.74) is 0.153. The number of methoxy groups -OCH3 is 1. The first-order chi connectivity index (χ1) is 13.3. The van der Waals surface area contributed by atoms with Gasteiger partial charge in [0.15, 0.2) is 18.2 Å². The molecule has 8 nitrogen and oxygen atoms in total. The zero-order valence-corrected chi connectivity index (χ0v) is 15.2. The van der Waals surface area contributed by atoms with Gasteiger partial charge in [0, 0.05) is 17.8 Å². The second-order valence-electron chi connectivity index (χ2n) is 5.31. The molecule has 0 aliphatic rings. The number of rotatable bonds is 7. The lowest BCUT2D eigenvalue weighted by atomic mass is 10.2. The fraction of sp³-hybridized carbons (Fsp3) is 0.111. The van der Waals surface area contributed by atoms with Gasteiger partial charge in [-0.05, 0) is 35.9 Å². The SMILES string of the molecule is COc1ccc(/C=C/C(=O)OCC(=O)Nc2ccc(Cl)c([N+](=O)[O-])c2)cc1F. The summed E-state index contributed by atoms with van der Waals surface area (Å²) >= 11 is 5.68. The Morgan fingerprint density at radius 1 is 1.29 bits per heavy atom. The van der Waals surface area contributed by atoms with Crippen molar-refractivity contribution in [2.24, 2.45) is 0 Å². The fourth-order valence-corrected chi connectivity index (χ4v) is 2.25. The molecule has 0 aromatic heterocycles. The predicted octanol–water partition coefficient (Wildman–Crippen LogP) is 3.59. The topological polar surface area (TPSA) is 108 Å². The van der Waals surface area contributed by atoms with Gasteiger partial charge >= 0.3 is 5.97 Å². The summed E-state index contributed by atoms with van der Waals surface area (Å²) in [4.78, 5) is 33.6. The van der Waals surface area contributed by atoms with Crippen LogP contribution in [0.2, 0.25) is 5.02 Å². The van der Waals surface area contributed by atoms with E-state index in [4.69, 9.17) is 21.1 Å². The maximum atomic E-state index is 13.6. The van der Waals surface area contributed by atoms with E-state index in [1.165, 1.54) is 43.5 Å². The minimum absolute atomic E-state index is 0.0684. The number of amides is 1. The Kier molecular flexibility index (Phi) is 7.05. The predicted molar refractivity (Wildman–Crippen MR) is 99.7 cm³/mol. The van der Waals surface area contributed by atoms with Gasteiger partial charge in [0.1, 0.15) is 5.02 Å². The van der Waals surface area contributed by atoms with Gasteiger partial charge in [0.2, 0.25) is 0 Å². The second kappa shape index (κ2) is 9.47. The van der Waals surface area contributed by atoms with Crippen LogP contribution in [-0.2, 0) is 14.3 Å². The first-order valence-electron chi connectivity index (χ1n) is 7.72. The van der Waals surface area contributed by atoms with Crippen molar-refractivity contribution >= 4 is 40.9 Å². The highest BCUT2D eigenvalue weighted by Gasteiger charge is 2.14. The first-order valence-corrected chi connectivity index (χ1v) is 8.10. The third kappa shape index (κ3) is 5.78. The number of nitrogens with zero attached hydrogens (tertiary/aromatic N) is 1. The Morgan fingerprint density at radius 2 is 2.04 bits per heavy atom. The van der Waals surface area contributed by atoms with Gasteiger partial charge in [-0.15, -0.1) is 0 Å². The number of nitro groups is 1. The molecular weight excluding hydrogens is 395 g/mol. The number of nitro benzene ring substituents is 1. The van der Waals surface area contributed by atoms with Crippen LogP contribution in [0, 0.1) is 15.9 Å². The van der Waals surface area contributed by atoms with Crippen molar-refractivity contribution in [3.63, 3.8) is 0 Å². The molecule has 0 bridgehead atoms. The van der Waals surface area contributed by atoms with Crippen molar-refractivity contribution in [1.29, 1.82) is 0 Å². The molecule has 0 atom stereocenters. The molecule has 10 heteroatoms. The van der Waals surface area contributed by atoms with Crippen LogP contribution >= 0.6 is 11.6 Å². The number of carbonyl (C=O) groups excluding carboxylic acids is 2.